The summed E-state index contributed by atoms with van der Waals surface area (Å²) in [6, 6.07) is 5.15. The van der Waals surface area contributed by atoms with Crippen LogP contribution in [0.5, 0.6) is 0 Å². The van der Waals surface area contributed by atoms with Gasteiger partial charge < -0.3 is 5.73 Å². The Labute approximate surface area is 124 Å². The van der Waals surface area contributed by atoms with E-state index in [1.165, 1.54) is 12.1 Å². The first-order valence-electron chi connectivity index (χ1n) is 7.11. The summed E-state index contributed by atoms with van der Waals surface area (Å²) in [4.78, 5) is 0. The zero-order valence-electron chi connectivity index (χ0n) is 12.6. The molecule has 0 unspecified atom stereocenters. The van der Waals surface area contributed by atoms with Crippen molar-refractivity contribution in [2.75, 3.05) is 0 Å². The van der Waals surface area contributed by atoms with Gasteiger partial charge in [0.2, 0.25) is 0 Å². The third kappa shape index (κ3) is 4.96. The van der Waals surface area contributed by atoms with Crippen molar-refractivity contribution in [1.82, 2.24) is 0 Å². The molecular formula is C17H22F3N. The van der Waals surface area contributed by atoms with Crippen LogP contribution in [-0.2, 0) is 12.6 Å². The molecule has 0 spiro atoms. The zero-order valence-corrected chi connectivity index (χ0v) is 12.6. The standard InChI is InChI=1S/C17H22F3N/c1-4-6-15(12(3)5-2)16(21)11-13-7-9-14(10-8-13)17(18,19)20/h7-10H,3-6,11,21H2,1-2H3/b16-15-. The number of nitrogens with two attached hydrogens (primary N) is 1. The smallest absolute Gasteiger partial charge is 0.402 e. The second-order valence-electron chi connectivity index (χ2n) is 5.08. The van der Waals surface area contributed by atoms with E-state index in [2.05, 4.69) is 13.5 Å². The van der Waals surface area contributed by atoms with Crippen LogP contribution in [0.15, 0.2) is 47.7 Å². The average molecular weight is 297 g/mol. The highest BCUT2D eigenvalue weighted by Gasteiger charge is 2.29. The van der Waals surface area contributed by atoms with Crippen molar-refractivity contribution in [2.24, 2.45) is 5.73 Å². The van der Waals surface area contributed by atoms with Crippen LogP contribution in [0.3, 0.4) is 0 Å². The van der Waals surface area contributed by atoms with Gasteiger partial charge in [0.25, 0.3) is 0 Å². The van der Waals surface area contributed by atoms with E-state index in [9.17, 15) is 13.2 Å². The minimum atomic E-state index is -4.30. The third-order valence-electron chi connectivity index (χ3n) is 3.42. The molecule has 1 aromatic carbocycles. The van der Waals surface area contributed by atoms with Crippen molar-refractivity contribution >= 4 is 0 Å². The largest absolute Gasteiger partial charge is 0.416 e. The first-order valence-corrected chi connectivity index (χ1v) is 7.11. The van der Waals surface area contributed by atoms with E-state index in [1.807, 2.05) is 6.92 Å². The van der Waals surface area contributed by atoms with Crippen LogP contribution in [-0.4, -0.2) is 0 Å². The molecule has 116 valence electrons. The van der Waals surface area contributed by atoms with Crippen LogP contribution in [0.1, 0.15) is 44.2 Å². The monoisotopic (exact) mass is 297 g/mol. The lowest BCUT2D eigenvalue weighted by Gasteiger charge is -2.14. The second-order valence-corrected chi connectivity index (χ2v) is 5.08. The lowest BCUT2D eigenvalue weighted by Crippen LogP contribution is -2.09. The minimum absolute atomic E-state index is 0.451. The molecule has 0 saturated carbocycles. The van der Waals surface area contributed by atoms with Gasteiger partial charge >= 0.3 is 6.18 Å². The first kappa shape index (κ1) is 17.3. The predicted octanol–water partition coefficient (Wildman–Crippen LogP) is 5.23. The highest BCUT2D eigenvalue weighted by atomic mass is 19.4. The molecule has 2 N–H and O–H groups in total. The minimum Gasteiger partial charge on any atom is -0.402 e. The summed E-state index contributed by atoms with van der Waals surface area (Å²) in [5, 5.41) is 0. The summed E-state index contributed by atoms with van der Waals surface area (Å²) >= 11 is 0. The Morgan fingerprint density at radius 3 is 2.14 bits per heavy atom. The number of allylic oxidation sites excluding steroid dienone is 3. The van der Waals surface area contributed by atoms with Crippen molar-refractivity contribution in [2.45, 2.75) is 45.7 Å². The first-order chi connectivity index (χ1) is 9.79. The molecule has 0 bridgehead atoms. The lowest BCUT2D eigenvalue weighted by molar-refractivity contribution is -0.137. The Bertz CT molecular complexity index is 510. The van der Waals surface area contributed by atoms with Crippen LogP contribution in [0.4, 0.5) is 13.2 Å². The van der Waals surface area contributed by atoms with E-state index in [-0.39, 0.29) is 0 Å². The van der Waals surface area contributed by atoms with Crippen molar-refractivity contribution in [1.29, 1.82) is 0 Å². The van der Waals surface area contributed by atoms with Crippen molar-refractivity contribution in [3.63, 3.8) is 0 Å². The number of hydrogen-bond donors (Lipinski definition) is 1. The van der Waals surface area contributed by atoms with Gasteiger partial charge in [0, 0.05) is 12.1 Å². The third-order valence-corrected chi connectivity index (χ3v) is 3.42. The second kappa shape index (κ2) is 7.34. The number of rotatable bonds is 6. The highest BCUT2D eigenvalue weighted by Crippen LogP contribution is 2.29. The van der Waals surface area contributed by atoms with Gasteiger partial charge in [-0.05, 0) is 36.1 Å². The molecule has 0 radical (unpaired) electrons. The molecule has 1 rings (SSSR count). The Kier molecular flexibility index (Phi) is 6.06. The molecule has 1 aromatic rings. The van der Waals surface area contributed by atoms with E-state index >= 15 is 0 Å². The van der Waals surface area contributed by atoms with Gasteiger partial charge in [-0.3, -0.25) is 0 Å². The maximum atomic E-state index is 12.5. The van der Waals surface area contributed by atoms with E-state index in [0.29, 0.717) is 12.1 Å². The Morgan fingerprint density at radius 2 is 1.71 bits per heavy atom. The lowest BCUT2D eigenvalue weighted by atomic mass is 9.95. The van der Waals surface area contributed by atoms with Gasteiger partial charge in [-0.2, -0.15) is 13.2 Å². The fourth-order valence-corrected chi connectivity index (χ4v) is 2.17. The molecule has 0 aromatic heterocycles. The van der Waals surface area contributed by atoms with Crippen molar-refractivity contribution in [3.8, 4) is 0 Å². The van der Waals surface area contributed by atoms with Gasteiger partial charge in [0.05, 0.1) is 5.56 Å². The van der Waals surface area contributed by atoms with Crippen LogP contribution in [0.25, 0.3) is 0 Å². The van der Waals surface area contributed by atoms with Gasteiger partial charge in [0.1, 0.15) is 0 Å². The number of benzene rings is 1. The summed E-state index contributed by atoms with van der Waals surface area (Å²) < 4.78 is 37.6. The Hall–Kier alpha value is -1.71. The van der Waals surface area contributed by atoms with E-state index in [1.54, 1.807) is 0 Å². The molecule has 0 atom stereocenters. The Balaban J connectivity index is 2.95. The molecular weight excluding hydrogens is 275 g/mol. The zero-order chi connectivity index (χ0) is 16.0. The Morgan fingerprint density at radius 1 is 1.14 bits per heavy atom. The maximum Gasteiger partial charge on any atom is 0.416 e. The molecule has 0 aliphatic carbocycles. The number of halogens is 3. The summed E-state index contributed by atoms with van der Waals surface area (Å²) in [5.41, 5.74) is 9.01. The SMILES string of the molecule is C=C(CC)/C(CCC)=C(\N)Cc1ccc(C(F)(F)F)cc1. The molecule has 1 nitrogen and oxygen atoms in total. The summed E-state index contributed by atoms with van der Waals surface area (Å²) in [7, 11) is 0. The molecule has 0 amide bonds. The van der Waals surface area contributed by atoms with Crippen LogP contribution in [0, 0.1) is 0 Å². The fraction of sp³-hybridized carbons (Fsp3) is 0.412. The summed E-state index contributed by atoms with van der Waals surface area (Å²) in [6.07, 6.45) is -1.22. The van der Waals surface area contributed by atoms with Crippen molar-refractivity contribution < 1.29 is 13.2 Å². The quantitative estimate of drug-likeness (QED) is 0.715. The maximum absolute atomic E-state index is 12.5. The highest BCUT2D eigenvalue weighted by molar-refractivity contribution is 5.35. The van der Waals surface area contributed by atoms with E-state index in [0.717, 1.165) is 48.1 Å². The van der Waals surface area contributed by atoms with Crippen molar-refractivity contribution in [3.05, 3.63) is 58.8 Å². The van der Waals surface area contributed by atoms with Crippen LogP contribution in [0.2, 0.25) is 0 Å². The van der Waals surface area contributed by atoms with Gasteiger partial charge in [0.15, 0.2) is 0 Å². The van der Waals surface area contributed by atoms with E-state index < -0.39 is 11.7 Å². The topological polar surface area (TPSA) is 26.0 Å². The van der Waals surface area contributed by atoms with E-state index in [4.69, 9.17) is 5.73 Å². The molecule has 0 aliphatic heterocycles. The number of alkyl halides is 3. The summed E-state index contributed by atoms with van der Waals surface area (Å²) in [6.45, 7) is 8.10. The fourth-order valence-electron chi connectivity index (χ4n) is 2.17. The molecule has 21 heavy (non-hydrogen) atoms. The molecule has 0 heterocycles. The van der Waals surface area contributed by atoms with Gasteiger partial charge in [-0.1, -0.05) is 44.6 Å². The molecule has 0 aliphatic rings. The van der Waals surface area contributed by atoms with Crippen LogP contribution >= 0.6 is 0 Å². The molecule has 0 saturated heterocycles. The average Bonchev–Trinajstić information content (AvgIpc) is 2.43. The molecule has 4 heteroatoms. The normalized spacial score (nSPS) is 13.0. The molecule has 0 fully saturated rings. The predicted molar refractivity (Wildman–Crippen MR) is 80.7 cm³/mol. The summed E-state index contributed by atoms with van der Waals surface area (Å²) in [5.74, 6) is 0. The number of hydrogen-bond acceptors (Lipinski definition) is 1. The van der Waals surface area contributed by atoms with Crippen LogP contribution < -0.4 is 5.73 Å². The van der Waals surface area contributed by atoms with Gasteiger partial charge in [-0.25, -0.2) is 0 Å². The van der Waals surface area contributed by atoms with Gasteiger partial charge in [-0.15, -0.1) is 0 Å².